The summed E-state index contributed by atoms with van der Waals surface area (Å²) in [5.74, 6) is 0.668. The summed E-state index contributed by atoms with van der Waals surface area (Å²) in [4.78, 5) is 5.37. The van der Waals surface area contributed by atoms with Crippen LogP contribution in [0, 0.1) is 0 Å². The van der Waals surface area contributed by atoms with Gasteiger partial charge < -0.3 is 9.88 Å². The fourth-order valence-electron chi connectivity index (χ4n) is 4.52. The number of fused-ring (bicyclic) bond motifs is 1. The summed E-state index contributed by atoms with van der Waals surface area (Å²) < 4.78 is 39.4. The zero-order chi connectivity index (χ0) is 20.3. The summed E-state index contributed by atoms with van der Waals surface area (Å²) in [6.45, 7) is 3.32. The van der Waals surface area contributed by atoms with Crippen LogP contribution in [0.3, 0.4) is 0 Å². The Bertz CT molecular complexity index is 922. The van der Waals surface area contributed by atoms with Gasteiger partial charge in [0.2, 0.25) is 0 Å². The van der Waals surface area contributed by atoms with Crippen LogP contribution in [0.4, 0.5) is 13.2 Å². The Balaban J connectivity index is 1.25. The number of piperidine rings is 1. The minimum Gasteiger partial charge on any atom is -0.360 e. The van der Waals surface area contributed by atoms with Crippen LogP contribution in [0.1, 0.15) is 48.3 Å². The van der Waals surface area contributed by atoms with Crippen molar-refractivity contribution >= 4 is 10.9 Å². The topological polar surface area (TPSA) is 19.0 Å². The average Bonchev–Trinajstić information content (AvgIpc) is 3.15. The molecule has 29 heavy (non-hydrogen) atoms. The van der Waals surface area contributed by atoms with Crippen molar-refractivity contribution in [2.24, 2.45) is 0 Å². The summed E-state index contributed by atoms with van der Waals surface area (Å²) >= 11 is 0. The highest BCUT2D eigenvalue weighted by atomic mass is 19.4. The van der Waals surface area contributed by atoms with Crippen molar-refractivity contribution in [1.82, 2.24) is 9.88 Å². The Hall–Kier alpha value is -2.27. The Morgan fingerprint density at radius 1 is 0.931 bits per heavy atom. The molecule has 0 bridgehead atoms. The van der Waals surface area contributed by atoms with Crippen molar-refractivity contribution < 1.29 is 13.2 Å². The Morgan fingerprint density at radius 2 is 1.69 bits per heavy atom. The summed E-state index contributed by atoms with van der Waals surface area (Å²) in [5.41, 5.74) is 2.05. The summed E-state index contributed by atoms with van der Waals surface area (Å²) in [7, 11) is 0. The molecule has 1 aliphatic heterocycles. The molecule has 0 unspecified atom stereocenters. The third-order valence-corrected chi connectivity index (χ3v) is 6.14. The molecule has 1 aliphatic rings. The quantitative estimate of drug-likeness (QED) is 0.475. The van der Waals surface area contributed by atoms with E-state index in [-0.39, 0.29) is 5.52 Å². The van der Waals surface area contributed by atoms with E-state index in [0.717, 1.165) is 50.5 Å². The molecule has 1 N–H and O–H groups in total. The molecular weight excluding hydrogens is 373 g/mol. The van der Waals surface area contributed by atoms with Gasteiger partial charge in [0, 0.05) is 11.6 Å². The maximum atomic E-state index is 13.1. The van der Waals surface area contributed by atoms with Crippen molar-refractivity contribution in [3.8, 4) is 0 Å². The molecule has 4 rings (SSSR count). The maximum absolute atomic E-state index is 13.1. The molecule has 1 aromatic heterocycles. The standard InChI is InChI=1S/C24H27F3N2/c25-24(26,27)22-11-6-10-21-20(17-28-23(21)22)9-4-5-14-29-15-12-19(13-16-29)18-7-2-1-3-8-18/h1-3,6-8,10-11,17,19,28H,4-5,9,12-16H2. The molecule has 0 aliphatic carbocycles. The van der Waals surface area contributed by atoms with Gasteiger partial charge in [-0.3, -0.25) is 0 Å². The number of nitrogens with one attached hydrogen (secondary N) is 1. The predicted octanol–water partition coefficient (Wildman–Crippen LogP) is 6.39. The zero-order valence-corrected chi connectivity index (χ0v) is 16.5. The number of hydrogen-bond acceptors (Lipinski definition) is 1. The van der Waals surface area contributed by atoms with Crippen LogP contribution in [0.15, 0.2) is 54.7 Å². The molecule has 0 atom stereocenters. The smallest absolute Gasteiger partial charge is 0.360 e. The van der Waals surface area contributed by atoms with Gasteiger partial charge in [-0.2, -0.15) is 13.2 Å². The second-order valence-electron chi connectivity index (χ2n) is 8.02. The molecule has 2 nitrogen and oxygen atoms in total. The number of aromatic amines is 1. The monoisotopic (exact) mass is 400 g/mol. The van der Waals surface area contributed by atoms with Gasteiger partial charge in [0.1, 0.15) is 0 Å². The Morgan fingerprint density at radius 3 is 2.41 bits per heavy atom. The number of aryl methyl sites for hydroxylation is 1. The van der Waals surface area contributed by atoms with Gasteiger partial charge in [0.15, 0.2) is 0 Å². The van der Waals surface area contributed by atoms with E-state index in [4.69, 9.17) is 0 Å². The Kier molecular flexibility index (Phi) is 5.95. The van der Waals surface area contributed by atoms with Crippen LogP contribution in [0.2, 0.25) is 0 Å². The fraction of sp³-hybridized carbons (Fsp3) is 0.417. The number of benzene rings is 2. The van der Waals surface area contributed by atoms with Crippen molar-refractivity contribution in [1.29, 1.82) is 0 Å². The lowest BCUT2D eigenvalue weighted by Crippen LogP contribution is -2.33. The van der Waals surface area contributed by atoms with Crippen LogP contribution in [0.5, 0.6) is 0 Å². The number of halogens is 3. The first-order valence-corrected chi connectivity index (χ1v) is 10.5. The highest BCUT2D eigenvalue weighted by Crippen LogP contribution is 2.35. The lowest BCUT2D eigenvalue weighted by Gasteiger charge is -2.32. The van der Waals surface area contributed by atoms with E-state index < -0.39 is 11.7 Å². The summed E-state index contributed by atoms with van der Waals surface area (Å²) in [5, 5.41) is 0.698. The second kappa shape index (κ2) is 8.62. The molecule has 0 radical (unpaired) electrons. The van der Waals surface area contributed by atoms with Gasteiger partial charge in [-0.1, -0.05) is 42.5 Å². The van der Waals surface area contributed by atoms with Gasteiger partial charge in [0.05, 0.1) is 11.1 Å². The summed E-state index contributed by atoms with van der Waals surface area (Å²) in [6.07, 6.45) is 2.68. The molecule has 5 heteroatoms. The summed E-state index contributed by atoms with van der Waals surface area (Å²) in [6, 6.07) is 15.2. The lowest BCUT2D eigenvalue weighted by molar-refractivity contribution is -0.136. The third-order valence-electron chi connectivity index (χ3n) is 6.14. The van der Waals surface area contributed by atoms with Gasteiger partial charge in [-0.25, -0.2) is 0 Å². The Labute approximate surface area is 169 Å². The van der Waals surface area contributed by atoms with E-state index in [1.807, 2.05) is 0 Å². The van der Waals surface area contributed by atoms with E-state index in [9.17, 15) is 13.2 Å². The van der Waals surface area contributed by atoms with E-state index >= 15 is 0 Å². The third kappa shape index (κ3) is 4.67. The van der Waals surface area contributed by atoms with E-state index in [2.05, 4.69) is 40.2 Å². The number of unbranched alkanes of at least 4 members (excludes halogenated alkanes) is 1. The fourth-order valence-corrected chi connectivity index (χ4v) is 4.52. The van der Waals surface area contributed by atoms with Crippen LogP contribution >= 0.6 is 0 Å². The average molecular weight is 400 g/mol. The number of para-hydroxylation sites is 1. The molecule has 0 spiro atoms. The van der Waals surface area contributed by atoms with E-state index in [0.29, 0.717) is 11.3 Å². The SMILES string of the molecule is FC(F)(F)c1cccc2c(CCCCN3CCC(c4ccccc4)CC3)c[nH]c12. The van der Waals surface area contributed by atoms with E-state index in [1.54, 1.807) is 12.3 Å². The number of hydrogen-bond donors (Lipinski definition) is 1. The molecule has 3 aromatic rings. The molecule has 1 saturated heterocycles. The lowest BCUT2D eigenvalue weighted by atomic mass is 9.89. The van der Waals surface area contributed by atoms with Gasteiger partial charge in [0.25, 0.3) is 0 Å². The molecule has 154 valence electrons. The first-order valence-electron chi connectivity index (χ1n) is 10.5. The number of nitrogens with zero attached hydrogens (tertiary/aromatic N) is 1. The van der Waals surface area contributed by atoms with E-state index in [1.165, 1.54) is 24.5 Å². The van der Waals surface area contributed by atoms with Crippen LogP contribution in [0.25, 0.3) is 10.9 Å². The van der Waals surface area contributed by atoms with Crippen LogP contribution in [-0.2, 0) is 12.6 Å². The number of alkyl halides is 3. The van der Waals surface area contributed by atoms with Gasteiger partial charge in [-0.05, 0) is 74.8 Å². The normalized spacial score (nSPS) is 16.5. The maximum Gasteiger partial charge on any atom is 0.418 e. The van der Waals surface area contributed by atoms with Crippen LogP contribution < -0.4 is 0 Å². The highest BCUT2D eigenvalue weighted by Gasteiger charge is 2.33. The minimum absolute atomic E-state index is 0.206. The molecule has 0 saturated carbocycles. The minimum atomic E-state index is -4.33. The predicted molar refractivity (Wildman–Crippen MR) is 111 cm³/mol. The number of rotatable bonds is 6. The first-order chi connectivity index (χ1) is 14.0. The number of H-pyrrole nitrogens is 1. The first kappa shape index (κ1) is 20.0. The molecular formula is C24H27F3N2. The van der Waals surface area contributed by atoms with Crippen molar-refractivity contribution in [2.45, 2.75) is 44.2 Å². The van der Waals surface area contributed by atoms with Crippen molar-refractivity contribution in [3.05, 3.63) is 71.4 Å². The largest absolute Gasteiger partial charge is 0.418 e. The zero-order valence-electron chi connectivity index (χ0n) is 16.5. The molecule has 1 fully saturated rings. The second-order valence-corrected chi connectivity index (χ2v) is 8.02. The van der Waals surface area contributed by atoms with Gasteiger partial charge in [-0.15, -0.1) is 0 Å². The number of aromatic nitrogens is 1. The van der Waals surface area contributed by atoms with Crippen molar-refractivity contribution in [3.63, 3.8) is 0 Å². The van der Waals surface area contributed by atoms with Gasteiger partial charge >= 0.3 is 6.18 Å². The number of likely N-dealkylation sites (tertiary alicyclic amines) is 1. The molecule has 2 aromatic carbocycles. The van der Waals surface area contributed by atoms with Crippen molar-refractivity contribution in [2.75, 3.05) is 19.6 Å². The highest BCUT2D eigenvalue weighted by molar-refractivity contribution is 5.86. The molecule has 2 heterocycles. The van der Waals surface area contributed by atoms with Crippen LogP contribution in [-0.4, -0.2) is 29.5 Å². The molecule has 0 amide bonds.